The minimum atomic E-state index is 0.400. The molecule has 0 aliphatic rings. The molecule has 0 amide bonds. The number of hydrogen-bond acceptors (Lipinski definition) is 0. The minimum absolute atomic E-state index is 0.400. The summed E-state index contributed by atoms with van der Waals surface area (Å²) in [6.07, 6.45) is 0. The Morgan fingerprint density at radius 3 is 2.06 bits per heavy atom. The number of benzene rings is 2. The molecule has 0 saturated heterocycles. The van der Waals surface area contributed by atoms with Gasteiger partial charge in [-0.2, -0.15) is 0 Å². The monoisotopic (exact) mass is 339 g/mol. The van der Waals surface area contributed by atoms with Crippen LogP contribution in [0.1, 0.15) is 5.56 Å². The zero-order chi connectivity index (χ0) is 11.2. The van der Waals surface area contributed by atoms with E-state index in [9.17, 15) is 0 Å². The first kappa shape index (κ1) is 11.7. The van der Waals surface area contributed by atoms with Crippen molar-refractivity contribution >= 4 is 39.9 Å². The summed E-state index contributed by atoms with van der Waals surface area (Å²) in [5.41, 5.74) is 1.26. The second-order valence-corrected chi connectivity index (χ2v) is 6.18. The van der Waals surface area contributed by atoms with Crippen molar-refractivity contribution in [2.75, 3.05) is 0 Å². The fourth-order valence-electron chi connectivity index (χ4n) is 1.29. The molecule has 79 valence electrons. The summed E-state index contributed by atoms with van der Waals surface area (Å²) in [5.74, 6) is 0. The molecule has 16 heavy (non-hydrogen) atoms. The van der Waals surface area contributed by atoms with Gasteiger partial charge in [0.2, 0.25) is 0 Å². The molecule has 0 fully saturated rings. The zero-order valence-corrected chi connectivity index (χ0v) is 12.1. The van der Waals surface area contributed by atoms with Crippen LogP contribution < -0.4 is 4.46 Å². The van der Waals surface area contributed by atoms with Gasteiger partial charge >= 0.3 is 111 Å². The average molecular weight is 337 g/mol. The Morgan fingerprint density at radius 1 is 0.875 bits per heavy atom. The molecule has 0 unspecified atom stereocenters. The van der Waals surface area contributed by atoms with Crippen LogP contribution in [0, 0.1) is 0 Å². The van der Waals surface area contributed by atoms with E-state index in [-0.39, 0.29) is 0 Å². The molecule has 0 aromatic heterocycles. The van der Waals surface area contributed by atoms with Gasteiger partial charge in [-0.05, 0) is 0 Å². The Kier molecular flexibility index (Phi) is 4.44. The van der Waals surface area contributed by atoms with Gasteiger partial charge in [0.15, 0.2) is 0 Å². The van der Waals surface area contributed by atoms with E-state index in [1.807, 2.05) is 6.07 Å². The molecule has 2 aromatic rings. The Balaban J connectivity index is 2.09. The summed E-state index contributed by atoms with van der Waals surface area (Å²) in [5, 5.41) is 0. The molecule has 0 atom stereocenters. The van der Waals surface area contributed by atoms with Crippen LogP contribution >= 0.6 is 0 Å². The molecule has 0 bridgehead atoms. The van der Waals surface area contributed by atoms with Gasteiger partial charge in [-0.25, -0.2) is 0 Å². The van der Waals surface area contributed by atoms with Gasteiger partial charge in [0.25, 0.3) is 0 Å². The Hall–Kier alpha value is -0.781. The van der Waals surface area contributed by atoms with Crippen molar-refractivity contribution < 1.29 is 0 Å². The van der Waals surface area contributed by atoms with E-state index in [1.54, 1.807) is 0 Å². The molecule has 0 heterocycles. The van der Waals surface area contributed by atoms with E-state index < -0.39 is 0 Å². The predicted molar refractivity (Wildman–Crippen MR) is 72.0 cm³/mol. The van der Waals surface area contributed by atoms with Crippen molar-refractivity contribution in [1.82, 2.24) is 0 Å². The third kappa shape index (κ3) is 3.36. The molecule has 0 nitrogen and oxygen atoms in total. The first-order valence-corrected chi connectivity index (χ1v) is 7.71. The van der Waals surface area contributed by atoms with Crippen molar-refractivity contribution in [3.05, 3.63) is 71.2 Å². The van der Waals surface area contributed by atoms with Gasteiger partial charge in [-0.15, -0.1) is 0 Å². The molecule has 0 spiro atoms. The fraction of sp³-hybridized carbons (Fsp3) is 0. The Bertz CT molecular complexity index is 461. The van der Waals surface area contributed by atoms with Gasteiger partial charge in [0.1, 0.15) is 0 Å². The van der Waals surface area contributed by atoms with Gasteiger partial charge < -0.3 is 0 Å². The molecular weight excluding hydrogens is 326 g/mol. The predicted octanol–water partition coefficient (Wildman–Crippen LogP) is 2.18. The van der Waals surface area contributed by atoms with Crippen molar-refractivity contribution in [1.29, 1.82) is 0 Å². The third-order valence-electron chi connectivity index (χ3n) is 2.10. The van der Waals surface area contributed by atoms with Crippen molar-refractivity contribution in [3.63, 3.8) is 0 Å². The van der Waals surface area contributed by atoms with Gasteiger partial charge in [-0.3, -0.25) is 0 Å². The van der Waals surface area contributed by atoms with Gasteiger partial charge in [0.05, 0.1) is 0 Å². The van der Waals surface area contributed by atoms with E-state index in [0.717, 1.165) is 0 Å². The van der Waals surface area contributed by atoms with Crippen LogP contribution in [0.4, 0.5) is 0 Å². The Morgan fingerprint density at radius 2 is 1.44 bits per heavy atom. The van der Waals surface area contributed by atoms with Crippen molar-refractivity contribution in [2.45, 2.75) is 0 Å². The van der Waals surface area contributed by atoms with E-state index in [0.29, 0.717) is 15.0 Å². The van der Waals surface area contributed by atoms with E-state index >= 15 is 0 Å². The van der Waals surface area contributed by atoms with Crippen LogP contribution in [-0.4, -0.2) is 31.0 Å². The second-order valence-electron chi connectivity index (χ2n) is 3.28. The topological polar surface area (TPSA) is 0 Å². The summed E-state index contributed by atoms with van der Waals surface area (Å²) in [7, 11) is 0. The molecule has 0 saturated carbocycles. The van der Waals surface area contributed by atoms with Crippen LogP contribution in [0.15, 0.2) is 65.6 Å². The average Bonchev–Trinajstić information content (AvgIpc) is 2.38. The quantitative estimate of drug-likeness (QED) is 0.754. The molecule has 0 aliphatic carbocycles. The van der Waals surface area contributed by atoms with Gasteiger partial charge in [0, 0.05) is 0 Å². The molecule has 2 rings (SSSR count). The SMILES string of the molecule is [Se]/C(=C\[Se]c1ccccc1)c1ccccc1. The van der Waals surface area contributed by atoms with Crippen LogP contribution in [-0.2, 0) is 0 Å². The van der Waals surface area contributed by atoms with E-state index in [1.165, 1.54) is 14.5 Å². The van der Waals surface area contributed by atoms with Crippen LogP contribution in [0.25, 0.3) is 4.47 Å². The summed E-state index contributed by atoms with van der Waals surface area (Å²) in [6.45, 7) is 0. The molecule has 2 heteroatoms. The summed E-state index contributed by atoms with van der Waals surface area (Å²) >= 11 is 3.54. The summed E-state index contributed by atoms with van der Waals surface area (Å²) < 4.78 is 2.64. The molecule has 0 aliphatic heterocycles. The van der Waals surface area contributed by atoms with Gasteiger partial charge in [-0.1, -0.05) is 0 Å². The summed E-state index contributed by atoms with van der Waals surface area (Å²) in [4.78, 5) is 2.29. The van der Waals surface area contributed by atoms with Crippen molar-refractivity contribution in [3.8, 4) is 0 Å². The zero-order valence-electron chi connectivity index (χ0n) is 8.67. The third-order valence-corrected chi connectivity index (χ3v) is 5.49. The van der Waals surface area contributed by atoms with Crippen LogP contribution in [0.2, 0.25) is 0 Å². The molecule has 1 radical (unpaired) electrons. The normalized spacial score (nSPS) is 11.4. The maximum atomic E-state index is 3.14. The molecular formula is C14H11Se2. The number of hydrogen-bond donors (Lipinski definition) is 0. The van der Waals surface area contributed by atoms with E-state index in [2.05, 4.69) is 75.6 Å². The van der Waals surface area contributed by atoms with Crippen molar-refractivity contribution in [2.24, 2.45) is 0 Å². The van der Waals surface area contributed by atoms with E-state index in [4.69, 9.17) is 0 Å². The first-order valence-electron chi connectivity index (χ1n) is 5.00. The Labute approximate surface area is 111 Å². The fourth-order valence-corrected chi connectivity index (χ4v) is 3.56. The first-order chi connectivity index (χ1) is 7.86. The number of rotatable bonds is 3. The standard InChI is InChI=1S/C14H11Se2/c15-14(12-7-3-1-4-8-12)11-16-13-9-5-2-6-10-13/h1-11H/b14-11-. The molecule has 0 N–H and O–H groups in total. The molecule has 2 aromatic carbocycles. The summed E-state index contributed by atoms with van der Waals surface area (Å²) in [6, 6.07) is 21.0. The van der Waals surface area contributed by atoms with Crippen LogP contribution in [0.3, 0.4) is 0 Å². The second kappa shape index (κ2) is 6.08. The van der Waals surface area contributed by atoms with Crippen LogP contribution in [0.5, 0.6) is 0 Å². The maximum absolute atomic E-state index is 3.14.